The van der Waals surface area contributed by atoms with E-state index in [9.17, 15) is 8.42 Å². The molecule has 1 aliphatic carbocycles. The van der Waals surface area contributed by atoms with Crippen LogP contribution in [0.15, 0.2) is 143 Å². The second-order valence-electron chi connectivity index (χ2n) is 28.3. The molecule has 0 atom stereocenters. The molecule has 107 heavy (non-hydrogen) atoms. The molecule has 1 aliphatic rings. The van der Waals surface area contributed by atoms with Crippen molar-refractivity contribution >= 4 is 9.84 Å². The molecule has 0 aliphatic heterocycles. The first-order valence-electron chi connectivity index (χ1n) is 42.5. The minimum Gasteiger partial charge on any atom is -0.381 e. The Morgan fingerprint density at radius 1 is 0.271 bits per heavy atom. The third-order valence-corrected chi connectivity index (χ3v) is 18.6. The van der Waals surface area contributed by atoms with Crippen molar-refractivity contribution in [2.45, 2.75) is 322 Å². The summed E-state index contributed by atoms with van der Waals surface area (Å²) in [6.07, 6.45) is 37.5. The number of aryl methyl sites for hydroxylation is 6. The number of allylic oxidation sites excluding steroid dienone is 2. The van der Waals surface area contributed by atoms with Gasteiger partial charge < -0.3 is 37.9 Å². The average Bonchev–Trinajstić information content (AvgIpc) is 0.808. The molecule has 0 unspecified atom stereocenters. The second-order valence-corrected chi connectivity index (χ2v) is 30.3. The summed E-state index contributed by atoms with van der Waals surface area (Å²) < 4.78 is 67.2. The van der Waals surface area contributed by atoms with Gasteiger partial charge in [0.25, 0.3) is 0 Å². The van der Waals surface area contributed by atoms with Gasteiger partial charge in [-0.3, -0.25) is 0 Å². The first kappa shape index (κ1) is 109. The molecule has 0 heterocycles. The van der Waals surface area contributed by atoms with Crippen LogP contribution < -0.4 is 0 Å². The number of hydrogen-bond donors (Lipinski definition) is 0. The lowest BCUT2D eigenvalue weighted by Gasteiger charge is -2.22. The summed E-state index contributed by atoms with van der Waals surface area (Å²) >= 11 is 0. The van der Waals surface area contributed by atoms with Gasteiger partial charge in [0.05, 0.1) is 23.0 Å². The highest BCUT2D eigenvalue weighted by Gasteiger charge is 2.17. The van der Waals surface area contributed by atoms with Crippen molar-refractivity contribution in [1.29, 1.82) is 0 Å². The molecule has 0 amide bonds. The number of unbranched alkanes of at least 4 members (excludes halogenated alkanes) is 11. The van der Waals surface area contributed by atoms with Gasteiger partial charge in [-0.15, -0.1) is 0 Å². The maximum absolute atomic E-state index is 12.3. The summed E-state index contributed by atoms with van der Waals surface area (Å²) in [5.74, 6) is 2.04. The van der Waals surface area contributed by atoms with Crippen LogP contribution in [0.2, 0.25) is 0 Å². The zero-order valence-electron chi connectivity index (χ0n) is 73.0. The average molecular weight is 1510 g/mol. The van der Waals surface area contributed by atoms with E-state index in [0.29, 0.717) is 16.6 Å². The standard InChI is InChI=1S/C18H38O3.C15H16.C14H14O2S.C10H22O.C8H18O2.C8H16.C8H10.C7H16O2.C4H10.C4H8/c1-3-5-7-13-19-15-9-11-17-21-18-12-10-16-20-14-8-6-4-2;1-12-3-7-14(8-4-12)11-15-9-5-13(2)6-10-15;1-11-3-7-13(8-4-11)17(15,16)14-9-5-12(2)6-10-14;1-3-5-7-9-11-10-8-6-4-2;1-3-5-9-7-8-10-6-4-2;2*1-7-3-5-8(2)6-4-7;1-3-5-8-7-9-6-4-2;2*1-3-4-2/h3-18H2,1-2H3;3-10H,11H2,1-2H3;3-10H,1-2H3;3-10H2,1-2H3;3-8H2,1-2H3;7-8H,3-6H2,1-2H3;3-6H,1-2H3;3-7H2,1-2H3;3-4H2,1-2H3;3-4H,1-2H3/b;;;;;;;;;4-3+. The monoisotopic (exact) mass is 1510 g/mol. The van der Waals surface area contributed by atoms with Crippen LogP contribution in [0.3, 0.4) is 0 Å². The molecule has 0 N–H and O–H groups in total. The molecule has 5 aromatic carbocycles. The van der Waals surface area contributed by atoms with Gasteiger partial charge in [0.15, 0.2) is 0 Å². The fourth-order valence-electron chi connectivity index (χ4n) is 9.40. The van der Waals surface area contributed by atoms with Gasteiger partial charge in [0.2, 0.25) is 9.84 Å². The zero-order valence-corrected chi connectivity index (χ0v) is 73.9. The van der Waals surface area contributed by atoms with Crippen molar-refractivity contribution in [2.24, 2.45) is 11.8 Å². The highest BCUT2D eigenvalue weighted by Crippen LogP contribution is 2.27. The van der Waals surface area contributed by atoms with Crippen molar-refractivity contribution in [3.8, 4) is 0 Å². The van der Waals surface area contributed by atoms with Crippen LogP contribution in [-0.4, -0.2) is 108 Å². The van der Waals surface area contributed by atoms with E-state index in [1.54, 1.807) is 48.5 Å². The number of rotatable bonds is 44. The molecule has 11 heteroatoms. The third kappa shape index (κ3) is 79.4. The largest absolute Gasteiger partial charge is 0.381 e. The van der Waals surface area contributed by atoms with E-state index in [4.69, 9.17) is 37.9 Å². The maximum Gasteiger partial charge on any atom is 0.206 e. The molecule has 0 saturated heterocycles. The summed E-state index contributed by atoms with van der Waals surface area (Å²) in [7, 11) is -3.37. The molecule has 1 saturated carbocycles. The van der Waals surface area contributed by atoms with Gasteiger partial charge in [0.1, 0.15) is 6.79 Å². The van der Waals surface area contributed by atoms with E-state index in [0.717, 1.165) is 173 Å². The van der Waals surface area contributed by atoms with Crippen molar-refractivity contribution in [1.82, 2.24) is 0 Å². The molecule has 10 nitrogen and oxygen atoms in total. The highest BCUT2D eigenvalue weighted by atomic mass is 32.2. The van der Waals surface area contributed by atoms with Crippen LogP contribution in [0.25, 0.3) is 0 Å². The summed E-state index contributed by atoms with van der Waals surface area (Å²) in [5.41, 5.74) is 10.2. The lowest BCUT2D eigenvalue weighted by atomic mass is 9.84. The molecular weight excluding hydrogens is 1350 g/mol. The Balaban J connectivity index is -0.000000569. The quantitative estimate of drug-likeness (QED) is 0.0212. The van der Waals surface area contributed by atoms with Gasteiger partial charge in [-0.05, 0) is 186 Å². The van der Waals surface area contributed by atoms with Crippen molar-refractivity contribution in [2.75, 3.05) is 99.3 Å². The smallest absolute Gasteiger partial charge is 0.206 e. The SMILES string of the molecule is C/C=C/C.CC1CCC(C)CC1.CCCC.CCCCCOCCCCC.CCCCCOCCCCOCCCCOCCCCC.CCCOCCOCCC.CCCOCOCCC.Cc1ccc(C)cc1.Cc1ccc(Cc2ccc(C)cc2)cc1.Cc1ccc(S(=O)(=O)c2ccc(C)cc2)cc1. The summed E-state index contributed by atoms with van der Waals surface area (Å²) in [4.78, 5) is 0.680. The van der Waals surface area contributed by atoms with Gasteiger partial charge in [-0.25, -0.2) is 8.42 Å². The number of hydrogen-bond acceptors (Lipinski definition) is 10. The number of ether oxygens (including phenoxy) is 8. The third-order valence-electron chi connectivity index (χ3n) is 16.8. The van der Waals surface area contributed by atoms with Crippen LogP contribution in [0.5, 0.6) is 0 Å². The molecule has 1 fully saturated rings. The van der Waals surface area contributed by atoms with Crippen molar-refractivity contribution in [3.63, 3.8) is 0 Å². The lowest BCUT2D eigenvalue weighted by Crippen LogP contribution is -2.08. The van der Waals surface area contributed by atoms with Gasteiger partial charge in [-0.2, -0.15) is 0 Å². The highest BCUT2D eigenvalue weighted by molar-refractivity contribution is 7.91. The fraction of sp³-hybridized carbons (Fsp3) is 0.667. The Morgan fingerprint density at radius 2 is 0.477 bits per heavy atom. The normalized spacial score (nSPS) is 12.6. The van der Waals surface area contributed by atoms with E-state index in [1.165, 1.54) is 149 Å². The van der Waals surface area contributed by atoms with E-state index >= 15 is 0 Å². The fourth-order valence-corrected chi connectivity index (χ4v) is 10.7. The zero-order chi connectivity index (χ0) is 80.3. The van der Waals surface area contributed by atoms with E-state index in [2.05, 4.69) is 184 Å². The van der Waals surface area contributed by atoms with Gasteiger partial charge in [0, 0.05) is 79.3 Å². The Labute approximate surface area is 663 Å². The molecular formula is C96H168O10S. The predicted molar refractivity (Wildman–Crippen MR) is 466 cm³/mol. The molecule has 6 rings (SSSR count). The summed E-state index contributed by atoms with van der Waals surface area (Å²) in [5, 5.41) is 0. The van der Waals surface area contributed by atoms with E-state index in [-0.39, 0.29) is 0 Å². The van der Waals surface area contributed by atoms with E-state index < -0.39 is 9.84 Å². The van der Waals surface area contributed by atoms with Gasteiger partial charge >= 0.3 is 0 Å². The molecule has 0 aromatic heterocycles. The second kappa shape index (κ2) is 85.5. The maximum atomic E-state index is 12.3. The Hall–Kier alpha value is -4.53. The van der Waals surface area contributed by atoms with Crippen LogP contribution in [0.4, 0.5) is 0 Å². The van der Waals surface area contributed by atoms with Crippen LogP contribution in [0.1, 0.15) is 308 Å². The topological polar surface area (TPSA) is 108 Å². The Bertz CT molecular complexity index is 2460. The Kier molecular flexibility index (Phi) is 86.9. The lowest BCUT2D eigenvalue weighted by molar-refractivity contribution is -0.0531. The van der Waals surface area contributed by atoms with Crippen LogP contribution >= 0.6 is 0 Å². The number of sulfone groups is 1. The molecule has 0 bridgehead atoms. The van der Waals surface area contributed by atoms with Crippen molar-refractivity contribution < 1.29 is 46.3 Å². The minimum atomic E-state index is -3.37. The summed E-state index contributed by atoms with van der Waals surface area (Å²) in [6.45, 7) is 55.2. The number of benzene rings is 5. The van der Waals surface area contributed by atoms with Crippen molar-refractivity contribution in [3.05, 3.63) is 178 Å². The Morgan fingerprint density at radius 3 is 0.692 bits per heavy atom. The predicted octanol–water partition coefficient (Wildman–Crippen LogP) is 27.6. The molecule has 618 valence electrons. The molecule has 5 aromatic rings. The molecule has 0 spiro atoms. The first-order chi connectivity index (χ1) is 51.8. The van der Waals surface area contributed by atoms with Crippen LogP contribution in [-0.2, 0) is 54.2 Å². The first-order valence-corrected chi connectivity index (χ1v) is 44.0. The minimum absolute atomic E-state index is 0.340. The van der Waals surface area contributed by atoms with E-state index in [1.807, 2.05) is 39.8 Å². The molecule has 0 radical (unpaired) electrons. The summed E-state index contributed by atoms with van der Waals surface area (Å²) in [6, 6.07) is 39.8. The van der Waals surface area contributed by atoms with Crippen LogP contribution in [0, 0.1) is 53.4 Å². The van der Waals surface area contributed by atoms with Gasteiger partial charge in [-0.1, -0.05) is 316 Å².